The maximum Gasteiger partial charge on any atom is 0.150 e. The number of benzene rings is 1. The van der Waals surface area contributed by atoms with Crippen LogP contribution in [0.4, 0.5) is 5.69 Å². The average molecular weight is 255 g/mol. The SMILES string of the molecule is Cc1cc(NC2CCS(=O)(=O)CC2)ccc1O. The molecule has 0 aliphatic carbocycles. The van der Waals surface area contributed by atoms with E-state index in [1.807, 2.05) is 19.1 Å². The highest BCUT2D eigenvalue weighted by Gasteiger charge is 2.23. The van der Waals surface area contributed by atoms with Crippen LogP contribution in [0.1, 0.15) is 18.4 Å². The van der Waals surface area contributed by atoms with Gasteiger partial charge in [-0.2, -0.15) is 0 Å². The maximum absolute atomic E-state index is 11.3. The second kappa shape index (κ2) is 4.56. The summed E-state index contributed by atoms with van der Waals surface area (Å²) in [5, 5.41) is 12.7. The molecule has 1 aliphatic heterocycles. The first-order valence-electron chi connectivity index (χ1n) is 5.73. The van der Waals surface area contributed by atoms with E-state index >= 15 is 0 Å². The van der Waals surface area contributed by atoms with E-state index in [1.165, 1.54) is 0 Å². The predicted molar refractivity (Wildman–Crippen MR) is 68.1 cm³/mol. The first kappa shape index (κ1) is 12.2. The van der Waals surface area contributed by atoms with Crippen LogP contribution in [-0.4, -0.2) is 31.1 Å². The smallest absolute Gasteiger partial charge is 0.150 e. The number of hydrogen-bond acceptors (Lipinski definition) is 4. The third-order valence-corrected chi connectivity index (χ3v) is 4.84. The van der Waals surface area contributed by atoms with E-state index in [0.29, 0.717) is 12.8 Å². The highest BCUT2D eigenvalue weighted by molar-refractivity contribution is 7.91. The summed E-state index contributed by atoms with van der Waals surface area (Å²) in [4.78, 5) is 0. The van der Waals surface area contributed by atoms with E-state index in [0.717, 1.165) is 11.3 Å². The average Bonchev–Trinajstić information content (AvgIpc) is 2.27. The van der Waals surface area contributed by atoms with Gasteiger partial charge in [0.05, 0.1) is 11.5 Å². The lowest BCUT2D eigenvalue weighted by molar-refractivity contribution is 0.471. The van der Waals surface area contributed by atoms with E-state index in [2.05, 4.69) is 5.32 Å². The van der Waals surface area contributed by atoms with Gasteiger partial charge in [0, 0.05) is 11.7 Å². The molecule has 1 saturated heterocycles. The number of rotatable bonds is 2. The van der Waals surface area contributed by atoms with Crippen molar-refractivity contribution >= 4 is 15.5 Å². The second-order valence-corrected chi connectivity index (χ2v) is 6.88. The topological polar surface area (TPSA) is 66.4 Å². The summed E-state index contributed by atoms with van der Waals surface area (Å²) in [6, 6.07) is 5.55. The molecule has 0 amide bonds. The summed E-state index contributed by atoms with van der Waals surface area (Å²) in [7, 11) is -2.80. The Kier molecular flexibility index (Phi) is 3.28. The molecule has 1 aromatic carbocycles. The van der Waals surface area contributed by atoms with Crippen molar-refractivity contribution in [2.24, 2.45) is 0 Å². The lowest BCUT2D eigenvalue weighted by Crippen LogP contribution is -2.32. The van der Waals surface area contributed by atoms with Crippen LogP contribution in [0.3, 0.4) is 0 Å². The van der Waals surface area contributed by atoms with Crippen LogP contribution >= 0.6 is 0 Å². The largest absolute Gasteiger partial charge is 0.508 e. The number of phenols is 1. The minimum Gasteiger partial charge on any atom is -0.508 e. The molecule has 0 radical (unpaired) electrons. The Hall–Kier alpha value is -1.23. The van der Waals surface area contributed by atoms with E-state index in [-0.39, 0.29) is 23.3 Å². The Morgan fingerprint density at radius 2 is 1.94 bits per heavy atom. The first-order valence-corrected chi connectivity index (χ1v) is 7.55. The van der Waals surface area contributed by atoms with Gasteiger partial charge in [-0.3, -0.25) is 0 Å². The van der Waals surface area contributed by atoms with Crippen LogP contribution in [0.25, 0.3) is 0 Å². The number of anilines is 1. The fourth-order valence-electron chi connectivity index (χ4n) is 2.02. The third kappa shape index (κ3) is 3.12. The van der Waals surface area contributed by atoms with Crippen molar-refractivity contribution in [2.45, 2.75) is 25.8 Å². The Morgan fingerprint density at radius 3 is 2.53 bits per heavy atom. The van der Waals surface area contributed by atoms with Gasteiger partial charge in [0.1, 0.15) is 15.6 Å². The highest BCUT2D eigenvalue weighted by atomic mass is 32.2. The Morgan fingerprint density at radius 1 is 1.29 bits per heavy atom. The molecule has 0 unspecified atom stereocenters. The Balaban J connectivity index is 2.00. The fraction of sp³-hybridized carbons (Fsp3) is 0.500. The van der Waals surface area contributed by atoms with Crippen molar-refractivity contribution in [1.29, 1.82) is 0 Å². The minimum absolute atomic E-state index is 0.211. The van der Waals surface area contributed by atoms with E-state index in [9.17, 15) is 13.5 Å². The molecule has 4 nitrogen and oxygen atoms in total. The van der Waals surface area contributed by atoms with Crippen molar-refractivity contribution in [1.82, 2.24) is 0 Å². The van der Waals surface area contributed by atoms with Gasteiger partial charge in [-0.15, -0.1) is 0 Å². The molecule has 1 heterocycles. The molecule has 2 rings (SSSR count). The number of nitrogens with one attached hydrogen (secondary N) is 1. The van der Waals surface area contributed by atoms with Gasteiger partial charge in [0.15, 0.2) is 0 Å². The van der Waals surface area contributed by atoms with Crippen LogP contribution in [-0.2, 0) is 9.84 Å². The van der Waals surface area contributed by atoms with Gasteiger partial charge >= 0.3 is 0 Å². The van der Waals surface area contributed by atoms with Crippen molar-refractivity contribution in [2.75, 3.05) is 16.8 Å². The van der Waals surface area contributed by atoms with Gasteiger partial charge in [0.25, 0.3) is 0 Å². The zero-order valence-corrected chi connectivity index (χ0v) is 10.6. The van der Waals surface area contributed by atoms with Crippen molar-refractivity contribution in [3.8, 4) is 5.75 Å². The second-order valence-electron chi connectivity index (χ2n) is 4.57. The molecule has 0 aromatic heterocycles. The van der Waals surface area contributed by atoms with E-state index in [4.69, 9.17) is 0 Å². The van der Waals surface area contributed by atoms with Crippen LogP contribution in [0.2, 0.25) is 0 Å². The van der Waals surface area contributed by atoms with Crippen LogP contribution < -0.4 is 5.32 Å². The number of aryl methyl sites for hydroxylation is 1. The number of hydrogen-bond donors (Lipinski definition) is 2. The van der Waals surface area contributed by atoms with Gasteiger partial charge in [-0.05, 0) is 43.5 Å². The molecule has 1 fully saturated rings. The first-order chi connectivity index (χ1) is 7.96. The molecule has 0 atom stereocenters. The lowest BCUT2D eigenvalue weighted by Gasteiger charge is -2.24. The summed E-state index contributed by atoms with van der Waals surface area (Å²) in [5.74, 6) is 0.811. The van der Waals surface area contributed by atoms with E-state index in [1.54, 1.807) is 6.07 Å². The zero-order valence-electron chi connectivity index (χ0n) is 9.81. The monoisotopic (exact) mass is 255 g/mol. The van der Waals surface area contributed by atoms with Gasteiger partial charge in [-0.1, -0.05) is 0 Å². The Labute approximate surface area is 102 Å². The quantitative estimate of drug-likeness (QED) is 0.789. The van der Waals surface area contributed by atoms with Crippen LogP contribution in [0.5, 0.6) is 5.75 Å². The maximum atomic E-state index is 11.3. The normalized spacial score (nSPS) is 20.1. The van der Waals surface area contributed by atoms with Crippen LogP contribution in [0.15, 0.2) is 18.2 Å². The highest BCUT2D eigenvalue weighted by Crippen LogP contribution is 2.23. The van der Waals surface area contributed by atoms with E-state index < -0.39 is 9.84 Å². The third-order valence-electron chi connectivity index (χ3n) is 3.12. The number of sulfone groups is 1. The molecular weight excluding hydrogens is 238 g/mol. The molecule has 1 aromatic rings. The van der Waals surface area contributed by atoms with Crippen LogP contribution in [0, 0.1) is 6.92 Å². The lowest BCUT2D eigenvalue weighted by atomic mass is 10.1. The molecule has 0 bridgehead atoms. The van der Waals surface area contributed by atoms with Crippen molar-refractivity contribution in [3.63, 3.8) is 0 Å². The number of phenolic OH excluding ortho intramolecular Hbond substituents is 1. The summed E-state index contributed by atoms with van der Waals surface area (Å²) in [5.41, 5.74) is 1.75. The number of aromatic hydroxyl groups is 1. The molecule has 0 saturated carbocycles. The molecule has 94 valence electrons. The van der Waals surface area contributed by atoms with Gasteiger partial charge in [-0.25, -0.2) is 8.42 Å². The van der Waals surface area contributed by atoms with Crippen molar-refractivity contribution in [3.05, 3.63) is 23.8 Å². The minimum atomic E-state index is -2.80. The van der Waals surface area contributed by atoms with Gasteiger partial charge in [0.2, 0.25) is 0 Å². The fourth-order valence-corrected chi connectivity index (χ4v) is 3.51. The summed E-state index contributed by atoms with van der Waals surface area (Å²) >= 11 is 0. The molecule has 1 aliphatic rings. The summed E-state index contributed by atoms with van der Waals surface area (Å²) in [6.45, 7) is 1.84. The van der Waals surface area contributed by atoms with Gasteiger partial charge < -0.3 is 10.4 Å². The standard InChI is InChI=1S/C12H17NO3S/c1-9-8-11(2-3-12(9)14)13-10-4-6-17(15,16)7-5-10/h2-3,8,10,13-14H,4-7H2,1H3. The molecular formula is C12H17NO3S. The Bertz CT molecular complexity index is 496. The van der Waals surface area contributed by atoms with Crippen molar-refractivity contribution < 1.29 is 13.5 Å². The molecule has 17 heavy (non-hydrogen) atoms. The summed E-state index contributed by atoms with van der Waals surface area (Å²) in [6.07, 6.45) is 1.31. The molecule has 0 spiro atoms. The molecule has 2 N–H and O–H groups in total. The zero-order chi connectivity index (χ0) is 12.5. The molecule has 5 heteroatoms. The predicted octanol–water partition coefficient (Wildman–Crippen LogP) is 1.69. The summed E-state index contributed by atoms with van der Waals surface area (Å²) < 4.78 is 22.6.